The maximum atomic E-state index is 13.1. The summed E-state index contributed by atoms with van der Waals surface area (Å²) in [6, 6.07) is 11.2. The van der Waals surface area contributed by atoms with Crippen LogP contribution in [-0.2, 0) is 13.1 Å². The fourth-order valence-electron chi connectivity index (χ4n) is 1.94. The summed E-state index contributed by atoms with van der Waals surface area (Å²) in [7, 11) is 1.95. The van der Waals surface area contributed by atoms with Crippen LogP contribution in [0, 0.1) is 11.6 Å². The molecule has 0 bridgehead atoms. The Labute approximate surface area is 120 Å². The highest BCUT2D eigenvalue weighted by Crippen LogP contribution is 2.20. The molecule has 2 aromatic carbocycles. The first kappa shape index (κ1) is 14.2. The van der Waals surface area contributed by atoms with Gasteiger partial charge in [-0.15, -0.1) is 0 Å². The Morgan fingerprint density at radius 3 is 2.42 bits per heavy atom. The largest absolute Gasteiger partial charge is 0.298 e. The van der Waals surface area contributed by atoms with Gasteiger partial charge in [0.05, 0.1) is 0 Å². The molecule has 4 heteroatoms. The summed E-state index contributed by atoms with van der Waals surface area (Å²) < 4.78 is 26.8. The van der Waals surface area contributed by atoms with Crippen LogP contribution >= 0.6 is 15.9 Å². The van der Waals surface area contributed by atoms with Crippen LogP contribution in [-0.4, -0.2) is 11.9 Å². The van der Waals surface area contributed by atoms with Crippen LogP contribution < -0.4 is 0 Å². The first-order valence-electron chi connectivity index (χ1n) is 5.91. The van der Waals surface area contributed by atoms with Gasteiger partial charge in [0.15, 0.2) is 0 Å². The Bertz CT molecular complexity index is 572. The Kier molecular flexibility index (Phi) is 4.66. The zero-order valence-electron chi connectivity index (χ0n) is 10.5. The van der Waals surface area contributed by atoms with Gasteiger partial charge in [-0.05, 0) is 42.4 Å². The molecule has 2 rings (SSSR count). The van der Waals surface area contributed by atoms with Crippen molar-refractivity contribution in [2.45, 2.75) is 13.1 Å². The molecule has 0 aliphatic carbocycles. The Morgan fingerprint density at radius 2 is 1.74 bits per heavy atom. The van der Waals surface area contributed by atoms with E-state index in [0.29, 0.717) is 13.1 Å². The average Bonchev–Trinajstić information content (AvgIpc) is 2.33. The molecule has 0 aliphatic rings. The van der Waals surface area contributed by atoms with Crippen molar-refractivity contribution in [1.29, 1.82) is 0 Å². The van der Waals surface area contributed by atoms with Crippen LogP contribution in [0.15, 0.2) is 46.9 Å². The predicted molar refractivity (Wildman–Crippen MR) is 75.7 cm³/mol. The second-order valence-corrected chi connectivity index (χ2v) is 5.39. The lowest BCUT2D eigenvalue weighted by Crippen LogP contribution is -2.17. The van der Waals surface area contributed by atoms with Crippen molar-refractivity contribution in [3.05, 3.63) is 69.7 Å². The number of hydrogen-bond donors (Lipinski definition) is 0. The van der Waals surface area contributed by atoms with Gasteiger partial charge in [-0.25, -0.2) is 8.78 Å². The van der Waals surface area contributed by atoms with Crippen LogP contribution in [0.2, 0.25) is 0 Å². The predicted octanol–water partition coefficient (Wildman–Crippen LogP) is 4.36. The molecular formula is C15H14BrF2N. The van der Waals surface area contributed by atoms with E-state index in [1.165, 1.54) is 24.3 Å². The summed E-state index contributed by atoms with van der Waals surface area (Å²) in [6.45, 7) is 1.30. The molecule has 19 heavy (non-hydrogen) atoms. The van der Waals surface area contributed by atoms with E-state index in [-0.39, 0.29) is 11.6 Å². The monoisotopic (exact) mass is 325 g/mol. The molecular weight excluding hydrogens is 312 g/mol. The molecule has 0 aliphatic heterocycles. The third kappa shape index (κ3) is 4.11. The topological polar surface area (TPSA) is 3.24 Å². The van der Waals surface area contributed by atoms with E-state index >= 15 is 0 Å². The lowest BCUT2D eigenvalue weighted by molar-refractivity contribution is 0.318. The van der Waals surface area contributed by atoms with Gasteiger partial charge in [-0.3, -0.25) is 4.90 Å². The van der Waals surface area contributed by atoms with Gasteiger partial charge < -0.3 is 0 Å². The molecule has 0 saturated heterocycles. The normalized spacial score (nSPS) is 11.0. The smallest absolute Gasteiger partial charge is 0.124 e. The number of benzene rings is 2. The van der Waals surface area contributed by atoms with E-state index in [1.54, 1.807) is 12.1 Å². The molecule has 0 fully saturated rings. The van der Waals surface area contributed by atoms with Crippen molar-refractivity contribution >= 4 is 15.9 Å². The third-order valence-corrected chi connectivity index (χ3v) is 3.54. The van der Waals surface area contributed by atoms with Gasteiger partial charge in [0, 0.05) is 17.6 Å². The number of nitrogens with zero attached hydrogens (tertiary/aromatic N) is 1. The average molecular weight is 326 g/mol. The van der Waals surface area contributed by atoms with E-state index in [4.69, 9.17) is 0 Å². The molecule has 100 valence electrons. The lowest BCUT2D eigenvalue weighted by Gasteiger charge is -2.17. The van der Waals surface area contributed by atoms with Crippen molar-refractivity contribution < 1.29 is 8.78 Å². The van der Waals surface area contributed by atoms with Crippen molar-refractivity contribution in [2.24, 2.45) is 0 Å². The standard InChI is InChI=1S/C15H14BrF2N/c1-19(9-11-3-2-4-13(17)7-11)10-12-5-6-14(18)8-15(12)16/h2-8H,9-10H2,1H3. The Morgan fingerprint density at radius 1 is 1.00 bits per heavy atom. The molecule has 0 heterocycles. The summed E-state index contributed by atoms with van der Waals surface area (Å²) in [5.74, 6) is -0.489. The highest BCUT2D eigenvalue weighted by molar-refractivity contribution is 9.10. The minimum absolute atomic E-state index is 0.228. The molecule has 0 aromatic heterocycles. The third-order valence-electron chi connectivity index (χ3n) is 2.80. The summed E-state index contributed by atoms with van der Waals surface area (Å²) in [6.07, 6.45) is 0. The fraction of sp³-hybridized carbons (Fsp3) is 0.200. The molecule has 1 nitrogen and oxygen atoms in total. The van der Waals surface area contributed by atoms with Crippen LogP contribution in [0.4, 0.5) is 8.78 Å². The van der Waals surface area contributed by atoms with Gasteiger partial charge in [0.1, 0.15) is 11.6 Å². The molecule has 0 N–H and O–H groups in total. The summed E-state index contributed by atoms with van der Waals surface area (Å²) in [5, 5.41) is 0. The first-order valence-corrected chi connectivity index (χ1v) is 6.71. The van der Waals surface area contributed by atoms with E-state index in [0.717, 1.165) is 15.6 Å². The SMILES string of the molecule is CN(Cc1cccc(F)c1)Cc1ccc(F)cc1Br. The molecule has 2 aromatic rings. The van der Waals surface area contributed by atoms with Gasteiger partial charge in [0.25, 0.3) is 0 Å². The van der Waals surface area contributed by atoms with Crippen LogP contribution in [0.5, 0.6) is 0 Å². The summed E-state index contributed by atoms with van der Waals surface area (Å²) in [4.78, 5) is 2.05. The molecule has 0 unspecified atom stereocenters. The van der Waals surface area contributed by atoms with Crippen molar-refractivity contribution in [3.8, 4) is 0 Å². The van der Waals surface area contributed by atoms with Crippen molar-refractivity contribution in [3.63, 3.8) is 0 Å². The van der Waals surface area contributed by atoms with Crippen LogP contribution in [0.25, 0.3) is 0 Å². The highest BCUT2D eigenvalue weighted by Gasteiger charge is 2.06. The van der Waals surface area contributed by atoms with E-state index in [1.807, 2.05) is 18.0 Å². The highest BCUT2D eigenvalue weighted by atomic mass is 79.9. The minimum Gasteiger partial charge on any atom is -0.298 e. The van der Waals surface area contributed by atoms with Gasteiger partial charge >= 0.3 is 0 Å². The molecule has 0 amide bonds. The zero-order chi connectivity index (χ0) is 13.8. The first-order chi connectivity index (χ1) is 9.04. The van der Waals surface area contributed by atoms with E-state index in [9.17, 15) is 8.78 Å². The van der Waals surface area contributed by atoms with Crippen LogP contribution in [0.3, 0.4) is 0 Å². The van der Waals surface area contributed by atoms with Crippen molar-refractivity contribution in [2.75, 3.05) is 7.05 Å². The number of halogens is 3. The molecule has 0 spiro atoms. The van der Waals surface area contributed by atoms with E-state index < -0.39 is 0 Å². The molecule has 0 radical (unpaired) electrons. The Hall–Kier alpha value is -1.26. The second kappa shape index (κ2) is 6.26. The van der Waals surface area contributed by atoms with Gasteiger partial charge in [-0.1, -0.05) is 34.1 Å². The number of rotatable bonds is 4. The second-order valence-electron chi connectivity index (χ2n) is 4.54. The maximum Gasteiger partial charge on any atom is 0.124 e. The maximum absolute atomic E-state index is 13.1. The van der Waals surface area contributed by atoms with Gasteiger partial charge in [-0.2, -0.15) is 0 Å². The zero-order valence-corrected chi connectivity index (χ0v) is 12.1. The number of hydrogen-bond acceptors (Lipinski definition) is 1. The van der Waals surface area contributed by atoms with Gasteiger partial charge in [0.2, 0.25) is 0 Å². The fourth-order valence-corrected chi connectivity index (χ4v) is 2.42. The van der Waals surface area contributed by atoms with E-state index in [2.05, 4.69) is 15.9 Å². The van der Waals surface area contributed by atoms with Crippen molar-refractivity contribution in [1.82, 2.24) is 4.90 Å². The summed E-state index contributed by atoms with van der Waals surface area (Å²) in [5.41, 5.74) is 1.92. The summed E-state index contributed by atoms with van der Waals surface area (Å²) >= 11 is 3.35. The lowest BCUT2D eigenvalue weighted by atomic mass is 10.2. The Balaban J connectivity index is 2.03. The quantitative estimate of drug-likeness (QED) is 0.807. The minimum atomic E-state index is -0.261. The molecule has 0 atom stereocenters. The molecule has 0 saturated carbocycles. The van der Waals surface area contributed by atoms with Crippen LogP contribution in [0.1, 0.15) is 11.1 Å².